The monoisotopic (exact) mass is 290 g/mol. The standard InChI is InChI=1S/C11H12BrClO2/c1-8(14)15-6-2-3-9-4-5-10(12)7-11(9)13/h4-5,7H,2-3,6H2,1H3. The van der Waals surface area contributed by atoms with Crippen molar-refractivity contribution in [1.29, 1.82) is 0 Å². The highest BCUT2D eigenvalue weighted by molar-refractivity contribution is 9.10. The summed E-state index contributed by atoms with van der Waals surface area (Å²) in [6, 6.07) is 5.79. The Balaban J connectivity index is 2.40. The highest BCUT2D eigenvalue weighted by Gasteiger charge is 2.01. The van der Waals surface area contributed by atoms with E-state index in [0.717, 1.165) is 27.9 Å². The number of halogens is 2. The average molecular weight is 292 g/mol. The van der Waals surface area contributed by atoms with E-state index in [4.69, 9.17) is 16.3 Å². The first kappa shape index (κ1) is 12.5. The van der Waals surface area contributed by atoms with Gasteiger partial charge in [0.15, 0.2) is 0 Å². The predicted molar refractivity (Wildman–Crippen MR) is 64.1 cm³/mol. The molecule has 0 radical (unpaired) electrons. The predicted octanol–water partition coefficient (Wildman–Crippen LogP) is 3.60. The molecule has 0 bridgehead atoms. The normalized spacial score (nSPS) is 10.1. The zero-order valence-corrected chi connectivity index (χ0v) is 10.8. The molecule has 0 amide bonds. The minimum atomic E-state index is -0.239. The fourth-order valence-corrected chi connectivity index (χ4v) is 1.97. The number of carbonyl (C=O) groups is 1. The third kappa shape index (κ3) is 4.67. The molecule has 0 atom stereocenters. The van der Waals surface area contributed by atoms with Gasteiger partial charge < -0.3 is 4.74 Å². The molecule has 0 saturated heterocycles. The van der Waals surface area contributed by atoms with Crippen molar-refractivity contribution in [1.82, 2.24) is 0 Å². The van der Waals surface area contributed by atoms with Gasteiger partial charge in [-0.25, -0.2) is 0 Å². The number of hydrogen-bond acceptors (Lipinski definition) is 2. The Hall–Kier alpha value is -0.540. The molecule has 1 rings (SSSR count). The van der Waals surface area contributed by atoms with Crippen LogP contribution in [0.5, 0.6) is 0 Å². The largest absolute Gasteiger partial charge is 0.466 e. The molecule has 0 aliphatic carbocycles. The third-order valence-corrected chi connectivity index (χ3v) is 2.76. The minimum absolute atomic E-state index is 0.239. The van der Waals surface area contributed by atoms with Crippen LogP contribution in [0.3, 0.4) is 0 Å². The maximum atomic E-state index is 10.5. The molecule has 4 heteroatoms. The van der Waals surface area contributed by atoms with E-state index in [1.54, 1.807) is 0 Å². The Bertz CT molecular complexity index is 352. The van der Waals surface area contributed by atoms with Crippen LogP contribution in [-0.2, 0) is 16.0 Å². The maximum Gasteiger partial charge on any atom is 0.302 e. The van der Waals surface area contributed by atoms with Gasteiger partial charge in [0.05, 0.1) is 6.61 Å². The van der Waals surface area contributed by atoms with E-state index in [0.29, 0.717) is 6.61 Å². The molecule has 0 unspecified atom stereocenters. The molecule has 1 aromatic carbocycles. The van der Waals surface area contributed by atoms with Gasteiger partial charge in [0.2, 0.25) is 0 Å². The number of carbonyl (C=O) groups excluding carboxylic acids is 1. The Morgan fingerprint density at radius 1 is 1.53 bits per heavy atom. The van der Waals surface area contributed by atoms with Crippen molar-refractivity contribution in [2.45, 2.75) is 19.8 Å². The molecule has 0 heterocycles. The molecule has 0 aromatic heterocycles. The zero-order valence-electron chi connectivity index (χ0n) is 8.43. The lowest BCUT2D eigenvalue weighted by molar-refractivity contribution is -0.141. The van der Waals surface area contributed by atoms with Gasteiger partial charge in [0.1, 0.15) is 0 Å². The number of rotatable bonds is 4. The van der Waals surface area contributed by atoms with Crippen molar-refractivity contribution in [3.8, 4) is 0 Å². The van der Waals surface area contributed by atoms with E-state index in [1.807, 2.05) is 18.2 Å². The number of aryl methyl sites for hydroxylation is 1. The van der Waals surface area contributed by atoms with Crippen LogP contribution in [0.1, 0.15) is 18.9 Å². The molecule has 0 fully saturated rings. The van der Waals surface area contributed by atoms with Crippen LogP contribution in [0.2, 0.25) is 5.02 Å². The Labute approximate surface area is 103 Å². The van der Waals surface area contributed by atoms with Crippen molar-refractivity contribution in [2.75, 3.05) is 6.61 Å². The fourth-order valence-electron chi connectivity index (χ4n) is 1.20. The molecule has 0 aliphatic heterocycles. The Morgan fingerprint density at radius 2 is 2.27 bits per heavy atom. The summed E-state index contributed by atoms with van der Waals surface area (Å²) >= 11 is 9.38. The third-order valence-electron chi connectivity index (χ3n) is 1.91. The summed E-state index contributed by atoms with van der Waals surface area (Å²) in [7, 11) is 0. The second kappa shape index (κ2) is 6.13. The van der Waals surface area contributed by atoms with Crippen molar-refractivity contribution < 1.29 is 9.53 Å². The second-order valence-electron chi connectivity index (χ2n) is 3.18. The highest BCUT2D eigenvalue weighted by Crippen LogP contribution is 2.22. The zero-order chi connectivity index (χ0) is 11.3. The minimum Gasteiger partial charge on any atom is -0.466 e. The van der Waals surface area contributed by atoms with Gasteiger partial charge in [-0.15, -0.1) is 0 Å². The molecule has 0 spiro atoms. The van der Waals surface area contributed by atoms with Crippen LogP contribution in [-0.4, -0.2) is 12.6 Å². The van der Waals surface area contributed by atoms with Crippen molar-refractivity contribution in [2.24, 2.45) is 0 Å². The van der Waals surface area contributed by atoms with Crippen LogP contribution in [0.4, 0.5) is 0 Å². The van der Waals surface area contributed by atoms with Crippen molar-refractivity contribution >= 4 is 33.5 Å². The first-order valence-electron chi connectivity index (χ1n) is 4.67. The maximum absolute atomic E-state index is 10.5. The van der Waals surface area contributed by atoms with Crippen molar-refractivity contribution in [3.63, 3.8) is 0 Å². The number of hydrogen-bond donors (Lipinski definition) is 0. The summed E-state index contributed by atoms with van der Waals surface area (Å²) in [5, 5.41) is 0.743. The molecule has 0 aliphatic rings. The lowest BCUT2D eigenvalue weighted by atomic mass is 10.1. The van der Waals surface area contributed by atoms with E-state index in [-0.39, 0.29) is 5.97 Å². The first-order valence-corrected chi connectivity index (χ1v) is 5.84. The number of esters is 1. The lowest BCUT2D eigenvalue weighted by Crippen LogP contribution is -2.01. The topological polar surface area (TPSA) is 26.3 Å². The fraction of sp³-hybridized carbons (Fsp3) is 0.364. The van der Waals surface area contributed by atoms with Gasteiger partial charge in [-0.05, 0) is 30.5 Å². The molecular formula is C11H12BrClO2. The number of ether oxygens (including phenoxy) is 1. The van der Waals surface area contributed by atoms with Crippen LogP contribution in [0, 0.1) is 0 Å². The van der Waals surface area contributed by atoms with Gasteiger partial charge in [-0.1, -0.05) is 33.6 Å². The van der Waals surface area contributed by atoms with Gasteiger partial charge in [0.25, 0.3) is 0 Å². The summed E-state index contributed by atoms with van der Waals surface area (Å²) in [5.74, 6) is -0.239. The van der Waals surface area contributed by atoms with Crippen LogP contribution >= 0.6 is 27.5 Å². The molecule has 82 valence electrons. The van der Waals surface area contributed by atoms with Gasteiger partial charge in [-0.2, -0.15) is 0 Å². The van der Waals surface area contributed by atoms with E-state index in [9.17, 15) is 4.79 Å². The van der Waals surface area contributed by atoms with E-state index in [1.165, 1.54) is 6.92 Å². The van der Waals surface area contributed by atoms with E-state index in [2.05, 4.69) is 15.9 Å². The van der Waals surface area contributed by atoms with Crippen molar-refractivity contribution in [3.05, 3.63) is 33.3 Å². The van der Waals surface area contributed by atoms with Crippen LogP contribution in [0.15, 0.2) is 22.7 Å². The summed E-state index contributed by atoms with van der Waals surface area (Å²) < 4.78 is 5.80. The summed E-state index contributed by atoms with van der Waals surface area (Å²) in [6.45, 7) is 1.86. The second-order valence-corrected chi connectivity index (χ2v) is 4.50. The quantitative estimate of drug-likeness (QED) is 0.626. The highest BCUT2D eigenvalue weighted by atomic mass is 79.9. The first-order chi connectivity index (χ1) is 7.09. The Kier molecular flexibility index (Phi) is 5.12. The lowest BCUT2D eigenvalue weighted by Gasteiger charge is -2.05. The van der Waals surface area contributed by atoms with Gasteiger partial charge in [-0.3, -0.25) is 4.79 Å². The van der Waals surface area contributed by atoms with E-state index >= 15 is 0 Å². The number of benzene rings is 1. The molecule has 2 nitrogen and oxygen atoms in total. The summed E-state index contributed by atoms with van der Waals surface area (Å²) in [6.07, 6.45) is 1.61. The summed E-state index contributed by atoms with van der Waals surface area (Å²) in [4.78, 5) is 10.5. The molecule has 0 N–H and O–H groups in total. The molecule has 15 heavy (non-hydrogen) atoms. The summed E-state index contributed by atoms with van der Waals surface area (Å²) in [5.41, 5.74) is 1.08. The van der Waals surface area contributed by atoms with Gasteiger partial charge >= 0.3 is 5.97 Å². The van der Waals surface area contributed by atoms with Crippen LogP contribution < -0.4 is 0 Å². The molecular weight excluding hydrogens is 279 g/mol. The van der Waals surface area contributed by atoms with Gasteiger partial charge in [0, 0.05) is 16.4 Å². The Morgan fingerprint density at radius 3 is 2.87 bits per heavy atom. The smallest absolute Gasteiger partial charge is 0.302 e. The van der Waals surface area contributed by atoms with E-state index < -0.39 is 0 Å². The SMILES string of the molecule is CC(=O)OCCCc1ccc(Br)cc1Cl. The average Bonchev–Trinajstić information content (AvgIpc) is 2.14. The van der Waals surface area contributed by atoms with Crippen LogP contribution in [0.25, 0.3) is 0 Å². The molecule has 1 aromatic rings. The molecule has 0 saturated carbocycles.